The number of rotatable bonds is 0. The van der Waals surface area contributed by atoms with Crippen LogP contribution in [0.25, 0.3) is 12.2 Å². The van der Waals surface area contributed by atoms with E-state index in [4.69, 9.17) is 0 Å². The smallest absolute Gasteiger partial charge is 0.0701 e. The number of hydrogen-bond donors (Lipinski definition) is 0. The van der Waals surface area contributed by atoms with Gasteiger partial charge in [-0.15, -0.1) is 0 Å². The lowest BCUT2D eigenvalue weighted by atomic mass is 10.2. The molecule has 1 heteroatoms. The first-order chi connectivity index (χ1) is 6.36. The van der Waals surface area contributed by atoms with Crippen molar-refractivity contribution >= 4 is 12.2 Å². The molecule has 1 aromatic heterocycles. The summed E-state index contributed by atoms with van der Waals surface area (Å²) in [5.41, 5.74) is 1.26. The standard InChI is InChI=1S/C12H11N/c1-10-4-2-6-12-11(8-7-10)5-3-9-13-12/h2-9H,1H3/b4-2+,6-2?,8-7?,10-4?,10-7-,11-8+,12-6+. The number of hydrogen-bond acceptors (Lipinski definition) is 1. The Morgan fingerprint density at radius 3 is 3.00 bits per heavy atom. The van der Waals surface area contributed by atoms with Gasteiger partial charge in [0.15, 0.2) is 0 Å². The summed E-state index contributed by atoms with van der Waals surface area (Å²) in [4.78, 5) is 4.28. The minimum atomic E-state index is 1.03. The van der Waals surface area contributed by atoms with Crippen LogP contribution in [0.3, 0.4) is 0 Å². The van der Waals surface area contributed by atoms with E-state index in [0.29, 0.717) is 0 Å². The maximum absolute atomic E-state index is 4.28. The second kappa shape index (κ2) is 3.40. The van der Waals surface area contributed by atoms with Crippen LogP contribution in [-0.4, -0.2) is 4.98 Å². The van der Waals surface area contributed by atoms with E-state index >= 15 is 0 Å². The third kappa shape index (κ3) is 1.75. The topological polar surface area (TPSA) is 12.9 Å². The molecular weight excluding hydrogens is 158 g/mol. The number of allylic oxidation sites excluding steroid dienone is 4. The molecule has 0 fully saturated rings. The predicted octanol–water partition coefficient (Wildman–Crippen LogP) is 1.16. The third-order valence-electron chi connectivity index (χ3n) is 2.01. The van der Waals surface area contributed by atoms with Crippen LogP contribution >= 0.6 is 0 Å². The Morgan fingerprint density at radius 2 is 2.08 bits per heavy atom. The first kappa shape index (κ1) is 7.99. The van der Waals surface area contributed by atoms with Crippen LogP contribution in [-0.2, 0) is 0 Å². The van der Waals surface area contributed by atoms with E-state index < -0.39 is 0 Å². The molecule has 0 bridgehead atoms. The van der Waals surface area contributed by atoms with Crippen molar-refractivity contribution in [1.82, 2.24) is 4.98 Å². The lowest BCUT2D eigenvalue weighted by Crippen LogP contribution is -2.26. The maximum atomic E-state index is 4.28. The minimum Gasteiger partial charge on any atom is -0.256 e. The maximum Gasteiger partial charge on any atom is 0.0701 e. The van der Waals surface area contributed by atoms with Gasteiger partial charge in [-0.05, 0) is 19.1 Å². The van der Waals surface area contributed by atoms with Crippen LogP contribution in [0.5, 0.6) is 0 Å². The molecule has 0 N–H and O–H groups in total. The molecule has 2 rings (SSSR count). The van der Waals surface area contributed by atoms with Gasteiger partial charge in [-0.25, -0.2) is 0 Å². The fourth-order valence-electron chi connectivity index (χ4n) is 1.28. The molecule has 1 aliphatic rings. The van der Waals surface area contributed by atoms with Crippen molar-refractivity contribution in [2.45, 2.75) is 6.92 Å². The highest BCUT2D eigenvalue weighted by Crippen LogP contribution is 1.95. The fraction of sp³-hybridized carbons (Fsp3) is 0.0833. The zero-order valence-electron chi connectivity index (χ0n) is 7.57. The molecule has 1 nitrogen and oxygen atoms in total. The van der Waals surface area contributed by atoms with Crippen molar-refractivity contribution in [2.24, 2.45) is 0 Å². The van der Waals surface area contributed by atoms with Crippen LogP contribution in [0.15, 0.2) is 42.1 Å². The summed E-state index contributed by atoms with van der Waals surface area (Å²) in [6.45, 7) is 2.09. The van der Waals surface area contributed by atoms with E-state index in [-0.39, 0.29) is 0 Å². The largest absolute Gasteiger partial charge is 0.256 e. The first-order valence-electron chi connectivity index (χ1n) is 4.34. The normalized spacial score (nSPS) is 26.1. The summed E-state index contributed by atoms with van der Waals surface area (Å²) < 4.78 is 0. The van der Waals surface area contributed by atoms with Gasteiger partial charge in [0.2, 0.25) is 0 Å². The molecule has 0 unspecified atom stereocenters. The van der Waals surface area contributed by atoms with Crippen LogP contribution in [0.2, 0.25) is 0 Å². The highest BCUT2D eigenvalue weighted by atomic mass is 14.6. The first-order valence-corrected chi connectivity index (χ1v) is 4.34. The molecule has 0 amide bonds. The van der Waals surface area contributed by atoms with Gasteiger partial charge in [-0.2, -0.15) is 0 Å². The van der Waals surface area contributed by atoms with Crippen molar-refractivity contribution < 1.29 is 0 Å². The van der Waals surface area contributed by atoms with Crippen molar-refractivity contribution in [3.05, 3.63) is 52.7 Å². The highest BCUT2D eigenvalue weighted by Gasteiger charge is 1.86. The Labute approximate surface area is 77.4 Å². The van der Waals surface area contributed by atoms with E-state index in [0.717, 1.165) is 5.35 Å². The SMILES string of the molecule is CC1=C/C=c2\cccn\c2=C\C=C\1. The lowest BCUT2D eigenvalue weighted by molar-refractivity contribution is 1.22. The molecule has 1 aromatic rings. The summed E-state index contributed by atoms with van der Waals surface area (Å²) >= 11 is 0. The van der Waals surface area contributed by atoms with E-state index in [1.807, 2.05) is 24.4 Å². The average Bonchev–Trinajstić information content (AvgIpc) is 2.13. The molecule has 0 atom stereocenters. The molecule has 64 valence electrons. The number of pyridine rings is 1. The Kier molecular flexibility index (Phi) is 2.09. The third-order valence-corrected chi connectivity index (χ3v) is 2.01. The van der Waals surface area contributed by atoms with Crippen LogP contribution < -0.4 is 10.6 Å². The van der Waals surface area contributed by atoms with Crippen molar-refractivity contribution in [1.29, 1.82) is 0 Å². The Balaban J connectivity index is 2.75. The molecule has 13 heavy (non-hydrogen) atoms. The van der Waals surface area contributed by atoms with Gasteiger partial charge in [0, 0.05) is 11.4 Å². The molecule has 0 aromatic carbocycles. The summed E-state index contributed by atoms with van der Waals surface area (Å²) in [5, 5.41) is 2.20. The summed E-state index contributed by atoms with van der Waals surface area (Å²) in [5.74, 6) is 0. The van der Waals surface area contributed by atoms with Gasteiger partial charge in [-0.1, -0.05) is 35.9 Å². The molecule has 0 saturated carbocycles. The number of fused-ring (bicyclic) bond motifs is 1. The molecule has 1 aliphatic carbocycles. The van der Waals surface area contributed by atoms with E-state index in [2.05, 4.69) is 36.2 Å². The molecule has 0 spiro atoms. The lowest BCUT2D eigenvalue weighted by Gasteiger charge is -1.92. The van der Waals surface area contributed by atoms with Gasteiger partial charge in [-0.3, -0.25) is 4.98 Å². The highest BCUT2D eigenvalue weighted by molar-refractivity contribution is 5.48. The molecule has 0 saturated heterocycles. The van der Waals surface area contributed by atoms with Gasteiger partial charge < -0.3 is 0 Å². The zero-order chi connectivity index (χ0) is 9.10. The van der Waals surface area contributed by atoms with Crippen LogP contribution in [0, 0.1) is 0 Å². The summed E-state index contributed by atoms with van der Waals surface area (Å²) in [7, 11) is 0. The van der Waals surface area contributed by atoms with E-state index in [1.165, 1.54) is 10.8 Å². The predicted molar refractivity (Wildman–Crippen MR) is 55.3 cm³/mol. The van der Waals surface area contributed by atoms with Crippen molar-refractivity contribution in [3.63, 3.8) is 0 Å². The molecular formula is C12H11N. The average molecular weight is 169 g/mol. The molecule has 0 aliphatic heterocycles. The van der Waals surface area contributed by atoms with Crippen molar-refractivity contribution in [2.75, 3.05) is 0 Å². The quantitative estimate of drug-likeness (QED) is 0.568. The van der Waals surface area contributed by atoms with Crippen LogP contribution in [0.4, 0.5) is 0 Å². The Bertz CT molecular complexity index is 478. The second-order valence-corrected chi connectivity index (χ2v) is 3.08. The zero-order valence-corrected chi connectivity index (χ0v) is 7.57. The number of aromatic nitrogens is 1. The van der Waals surface area contributed by atoms with Gasteiger partial charge in [0.25, 0.3) is 0 Å². The van der Waals surface area contributed by atoms with E-state index in [9.17, 15) is 0 Å². The van der Waals surface area contributed by atoms with Crippen molar-refractivity contribution in [3.8, 4) is 0 Å². The van der Waals surface area contributed by atoms with Gasteiger partial charge in [0.1, 0.15) is 0 Å². The van der Waals surface area contributed by atoms with E-state index in [1.54, 1.807) is 0 Å². The summed E-state index contributed by atoms with van der Waals surface area (Å²) in [6, 6.07) is 4.03. The molecule has 1 heterocycles. The summed E-state index contributed by atoms with van der Waals surface area (Å²) in [6.07, 6.45) is 12.2. The molecule has 0 radical (unpaired) electrons. The van der Waals surface area contributed by atoms with Crippen LogP contribution in [0.1, 0.15) is 6.92 Å². The van der Waals surface area contributed by atoms with Gasteiger partial charge in [0.05, 0.1) is 5.35 Å². The monoisotopic (exact) mass is 169 g/mol. The fourth-order valence-corrected chi connectivity index (χ4v) is 1.28. The Hall–Kier alpha value is -1.63. The van der Waals surface area contributed by atoms with Gasteiger partial charge >= 0.3 is 0 Å². The Morgan fingerprint density at radius 1 is 1.15 bits per heavy atom. The number of nitrogens with zero attached hydrogens (tertiary/aromatic N) is 1. The minimum absolute atomic E-state index is 1.03. The second-order valence-electron chi connectivity index (χ2n) is 3.08.